The lowest BCUT2D eigenvalue weighted by Crippen LogP contribution is -2.32. The van der Waals surface area contributed by atoms with E-state index in [-0.39, 0.29) is 5.75 Å². The summed E-state index contributed by atoms with van der Waals surface area (Å²) in [4.78, 5) is 0. The van der Waals surface area contributed by atoms with E-state index in [1.807, 2.05) is 24.3 Å². The molecule has 0 aromatic heterocycles. The Kier molecular flexibility index (Phi) is 5.43. The largest absolute Gasteiger partial charge is 0.399 e. The first-order valence-corrected chi connectivity index (χ1v) is 9.02. The molecule has 1 aliphatic rings. The van der Waals surface area contributed by atoms with Crippen molar-refractivity contribution < 1.29 is 8.42 Å². The molecule has 1 aromatic rings. The van der Waals surface area contributed by atoms with Crippen molar-refractivity contribution in [3.63, 3.8) is 0 Å². The van der Waals surface area contributed by atoms with E-state index in [4.69, 9.17) is 5.73 Å². The highest BCUT2D eigenvalue weighted by Gasteiger charge is 2.20. The van der Waals surface area contributed by atoms with E-state index >= 15 is 0 Å². The van der Waals surface area contributed by atoms with Crippen LogP contribution in [0.4, 0.5) is 5.69 Å². The zero-order valence-corrected chi connectivity index (χ0v) is 12.7. The summed E-state index contributed by atoms with van der Waals surface area (Å²) in [5.74, 6) is 0.632. The predicted molar refractivity (Wildman–Crippen MR) is 82.9 cm³/mol. The zero-order valence-electron chi connectivity index (χ0n) is 11.8. The summed E-state index contributed by atoms with van der Waals surface area (Å²) in [6.07, 6.45) is 6.40. The van der Waals surface area contributed by atoms with Gasteiger partial charge in [0.15, 0.2) is 0 Å². The highest BCUT2D eigenvalue weighted by Crippen LogP contribution is 2.24. The molecule has 0 atom stereocenters. The van der Waals surface area contributed by atoms with Gasteiger partial charge in [-0.3, -0.25) is 0 Å². The summed E-state index contributed by atoms with van der Waals surface area (Å²) in [6.45, 7) is 0.457. The van der Waals surface area contributed by atoms with Gasteiger partial charge in [0.05, 0.1) is 5.75 Å². The van der Waals surface area contributed by atoms with Crippen molar-refractivity contribution in [2.75, 3.05) is 18.0 Å². The van der Waals surface area contributed by atoms with Gasteiger partial charge < -0.3 is 5.73 Å². The van der Waals surface area contributed by atoms with Gasteiger partial charge in [-0.25, -0.2) is 13.1 Å². The molecule has 5 heteroatoms. The fourth-order valence-corrected chi connectivity index (χ4v) is 4.24. The molecule has 0 radical (unpaired) electrons. The Hall–Kier alpha value is -1.07. The molecule has 0 saturated heterocycles. The third kappa shape index (κ3) is 5.13. The van der Waals surface area contributed by atoms with Gasteiger partial charge >= 0.3 is 0 Å². The maximum Gasteiger partial charge on any atom is 0.211 e. The summed E-state index contributed by atoms with van der Waals surface area (Å²) < 4.78 is 26.7. The summed E-state index contributed by atoms with van der Waals surface area (Å²) in [5, 5.41) is 0. The first-order chi connectivity index (χ1) is 9.55. The molecular weight excluding hydrogens is 272 g/mol. The van der Waals surface area contributed by atoms with Crippen molar-refractivity contribution in [3.05, 3.63) is 29.8 Å². The number of anilines is 1. The number of nitrogens with one attached hydrogen (secondary N) is 1. The minimum Gasteiger partial charge on any atom is -0.399 e. The Morgan fingerprint density at radius 2 is 1.75 bits per heavy atom. The van der Waals surface area contributed by atoms with Crippen molar-refractivity contribution in [2.45, 2.75) is 38.5 Å². The monoisotopic (exact) mass is 296 g/mol. The molecule has 3 N–H and O–H groups in total. The maximum atomic E-state index is 12.0. The standard InChI is InChI=1S/C15H24N2O2S/c16-15-8-6-13(7-9-15)10-11-17-20(18,19)12-14-4-2-1-3-5-14/h6-9,14,17H,1-5,10-12,16H2. The zero-order chi connectivity index (χ0) is 14.4. The number of benzene rings is 1. The quantitative estimate of drug-likeness (QED) is 0.791. The smallest absolute Gasteiger partial charge is 0.211 e. The van der Waals surface area contributed by atoms with Gasteiger partial charge in [0.2, 0.25) is 10.0 Å². The minimum atomic E-state index is -3.13. The summed E-state index contributed by atoms with van der Waals surface area (Å²) >= 11 is 0. The van der Waals surface area contributed by atoms with E-state index < -0.39 is 10.0 Å². The van der Waals surface area contributed by atoms with Crippen LogP contribution in [0.3, 0.4) is 0 Å². The summed E-state index contributed by atoms with van der Waals surface area (Å²) in [5.41, 5.74) is 7.44. The van der Waals surface area contributed by atoms with E-state index in [0.717, 1.165) is 24.1 Å². The van der Waals surface area contributed by atoms with E-state index in [9.17, 15) is 8.42 Å². The number of sulfonamides is 1. The lowest BCUT2D eigenvalue weighted by atomic mass is 9.91. The Morgan fingerprint density at radius 3 is 2.40 bits per heavy atom. The van der Waals surface area contributed by atoms with Gasteiger partial charge in [-0.1, -0.05) is 31.4 Å². The third-order valence-electron chi connectivity index (χ3n) is 3.90. The van der Waals surface area contributed by atoms with Crippen molar-refractivity contribution in [3.8, 4) is 0 Å². The van der Waals surface area contributed by atoms with Crippen LogP contribution in [-0.4, -0.2) is 20.7 Å². The number of rotatable bonds is 6. The Balaban J connectivity index is 1.75. The molecule has 20 heavy (non-hydrogen) atoms. The van der Waals surface area contributed by atoms with Crippen LogP contribution in [0.1, 0.15) is 37.7 Å². The van der Waals surface area contributed by atoms with Gasteiger partial charge in [-0.05, 0) is 42.9 Å². The number of nitrogen functional groups attached to an aromatic ring is 1. The first-order valence-electron chi connectivity index (χ1n) is 7.37. The molecule has 0 bridgehead atoms. The lowest BCUT2D eigenvalue weighted by molar-refractivity contribution is 0.384. The molecule has 1 fully saturated rings. The van der Waals surface area contributed by atoms with E-state index in [1.54, 1.807) is 0 Å². The Morgan fingerprint density at radius 1 is 1.10 bits per heavy atom. The van der Waals surface area contributed by atoms with Crippen LogP contribution < -0.4 is 10.5 Å². The molecule has 112 valence electrons. The molecule has 0 amide bonds. The SMILES string of the molecule is Nc1ccc(CCNS(=O)(=O)CC2CCCCC2)cc1. The maximum absolute atomic E-state index is 12.0. The second kappa shape index (κ2) is 7.09. The summed E-state index contributed by atoms with van der Waals surface area (Å²) in [7, 11) is -3.13. The van der Waals surface area contributed by atoms with Crippen molar-refractivity contribution in [1.29, 1.82) is 0 Å². The first kappa shape index (κ1) is 15.3. The van der Waals surface area contributed by atoms with E-state index in [0.29, 0.717) is 18.9 Å². The molecule has 1 aromatic carbocycles. The van der Waals surface area contributed by atoms with Crippen LogP contribution in [0.2, 0.25) is 0 Å². The van der Waals surface area contributed by atoms with Crippen LogP contribution in [-0.2, 0) is 16.4 Å². The molecule has 1 aliphatic carbocycles. The van der Waals surface area contributed by atoms with Crippen LogP contribution in [0.5, 0.6) is 0 Å². The van der Waals surface area contributed by atoms with E-state index in [2.05, 4.69) is 4.72 Å². The normalized spacial score (nSPS) is 17.2. The predicted octanol–water partition coefficient (Wildman–Crippen LogP) is 2.31. The van der Waals surface area contributed by atoms with Gasteiger partial charge in [-0.2, -0.15) is 0 Å². The second-order valence-corrected chi connectivity index (χ2v) is 7.52. The Labute approximate surface area is 121 Å². The highest BCUT2D eigenvalue weighted by molar-refractivity contribution is 7.89. The van der Waals surface area contributed by atoms with Crippen molar-refractivity contribution in [1.82, 2.24) is 4.72 Å². The number of hydrogen-bond acceptors (Lipinski definition) is 3. The third-order valence-corrected chi connectivity index (χ3v) is 5.45. The molecule has 2 rings (SSSR count). The van der Waals surface area contributed by atoms with Gasteiger partial charge in [-0.15, -0.1) is 0 Å². The molecule has 1 saturated carbocycles. The van der Waals surface area contributed by atoms with Crippen molar-refractivity contribution >= 4 is 15.7 Å². The number of nitrogens with two attached hydrogens (primary N) is 1. The van der Waals surface area contributed by atoms with Crippen LogP contribution in [0.15, 0.2) is 24.3 Å². The topological polar surface area (TPSA) is 72.2 Å². The van der Waals surface area contributed by atoms with Gasteiger partial charge in [0.1, 0.15) is 0 Å². The van der Waals surface area contributed by atoms with Crippen LogP contribution >= 0.6 is 0 Å². The molecule has 0 heterocycles. The fourth-order valence-electron chi connectivity index (χ4n) is 2.76. The van der Waals surface area contributed by atoms with Crippen molar-refractivity contribution in [2.24, 2.45) is 5.92 Å². The Bertz CT molecular complexity index is 505. The summed E-state index contributed by atoms with van der Waals surface area (Å²) in [6, 6.07) is 7.55. The average molecular weight is 296 g/mol. The molecule has 4 nitrogen and oxygen atoms in total. The van der Waals surface area contributed by atoms with Crippen LogP contribution in [0.25, 0.3) is 0 Å². The average Bonchev–Trinajstić information content (AvgIpc) is 2.41. The van der Waals surface area contributed by atoms with E-state index in [1.165, 1.54) is 19.3 Å². The second-order valence-electron chi connectivity index (χ2n) is 5.67. The minimum absolute atomic E-state index is 0.286. The molecule has 0 aliphatic heterocycles. The number of hydrogen-bond donors (Lipinski definition) is 2. The van der Waals surface area contributed by atoms with Gasteiger partial charge in [0.25, 0.3) is 0 Å². The molecule has 0 spiro atoms. The molecular formula is C15H24N2O2S. The van der Waals surface area contributed by atoms with Gasteiger partial charge in [0, 0.05) is 12.2 Å². The lowest BCUT2D eigenvalue weighted by Gasteiger charge is -2.21. The molecule has 0 unspecified atom stereocenters. The highest BCUT2D eigenvalue weighted by atomic mass is 32.2. The van der Waals surface area contributed by atoms with Crippen LogP contribution in [0, 0.1) is 5.92 Å². The fraction of sp³-hybridized carbons (Fsp3) is 0.600.